The summed E-state index contributed by atoms with van der Waals surface area (Å²) >= 11 is 0. The fourth-order valence-corrected chi connectivity index (χ4v) is 5.36. The fraction of sp³-hybridized carbons (Fsp3) is 0.310. The molecule has 1 aromatic heterocycles. The molecule has 2 amide bonds. The summed E-state index contributed by atoms with van der Waals surface area (Å²) in [4.78, 5) is 31.9. The lowest BCUT2D eigenvalue weighted by Crippen LogP contribution is -2.55. The maximum absolute atomic E-state index is 13.5. The van der Waals surface area contributed by atoms with Gasteiger partial charge in [-0.25, -0.2) is 0 Å². The molecule has 3 heterocycles. The molecule has 2 aromatic carbocycles. The van der Waals surface area contributed by atoms with E-state index in [1.165, 1.54) is 0 Å². The van der Waals surface area contributed by atoms with Gasteiger partial charge in [0.15, 0.2) is 0 Å². The first kappa shape index (κ1) is 24.0. The second-order valence-corrected chi connectivity index (χ2v) is 9.87. The van der Waals surface area contributed by atoms with E-state index in [4.69, 9.17) is 0 Å². The number of H-pyrrole nitrogens is 1. The van der Waals surface area contributed by atoms with E-state index < -0.39 is 0 Å². The number of fused-ring (bicyclic) bond motifs is 1. The predicted octanol–water partition coefficient (Wildman–Crippen LogP) is 3.84. The largest absolute Gasteiger partial charge is 0.396 e. The molecule has 0 spiro atoms. The van der Waals surface area contributed by atoms with Gasteiger partial charge in [0.1, 0.15) is 0 Å². The first-order chi connectivity index (χ1) is 17.3. The van der Waals surface area contributed by atoms with Crippen molar-refractivity contribution in [2.45, 2.75) is 39.3 Å². The zero-order valence-electron chi connectivity index (χ0n) is 20.9. The van der Waals surface area contributed by atoms with Crippen molar-refractivity contribution in [3.63, 3.8) is 0 Å². The maximum atomic E-state index is 13.5. The quantitative estimate of drug-likeness (QED) is 0.414. The molecule has 186 valence electrons. The van der Waals surface area contributed by atoms with Crippen molar-refractivity contribution in [1.29, 1.82) is 0 Å². The first-order valence-electron chi connectivity index (χ1n) is 12.5. The molecule has 1 saturated heterocycles. The van der Waals surface area contributed by atoms with Crippen molar-refractivity contribution >= 4 is 29.2 Å². The number of rotatable bonds is 5. The van der Waals surface area contributed by atoms with Gasteiger partial charge in [-0.1, -0.05) is 36.4 Å². The van der Waals surface area contributed by atoms with Crippen LogP contribution in [0.5, 0.6) is 0 Å². The number of benzene rings is 2. The Morgan fingerprint density at radius 3 is 2.61 bits per heavy atom. The number of amides is 2. The van der Waals surface area contributed by atoms with E-state index in [1.54, 1.807) is 6.08 Å². The van der Waals surface area contributed by atoms with Crippen molar-refractivity contribution in [3.8, 4) is 11.1 Å². The normalized spacial score (nSPS) is 20.5. The molecule has 0 bridgehead atoms. The summed E-state index contributed by atoms with van der Waals surface area (Å²) in [6, 6.07) is 16.1. The van der Waals surface area contributed by atoms with Crippen LogP contribution in [-0.2, 0) is 11.2 Å². The lowest BCUT2D eigenvalue weighted by atomic mass is 9.93. The highest BCUT2D eigenvalue weighted by Gasteiger charge is 2.30. The number of carbonyl (C=O) groups is 2. The molecule has 7 heteroatoms. The number of anilines is 1. The van der Waals surface area contributed by atoms with Gasteiger partial charge in [0.25, 0.3) is 11.8 Å². The van der Waals surface area contributed by atoms with Crippen molar-refractivity contribution < 1.29 is 14.7 Å². The number of nitrogens with one attached hydrogen (secondary N) is 3. The topological polar surface area (TPSA) is 97.5 Å². The number of aromatic nitrogens is 1. The first-order valence-corrected chi connectivity index (χ1v) is 12.5. The smallest absolute Gasteiger partial charge is 0.256 e. The molecule has 36 heavy (non-hydrogen) atoms. The van der Waals surface area contributed by atoms with Crippen LogP contribution in [0.25, 0.3) is 22.8 Å². The summed E-state index contributed by atoms with van der Waals surface area (Å²) < 4.78 is 0. The Balaban J connectivity index is 1.57. The lowest BCUT2D eigenvalue weighted by molar-refractivity contribution is -0.110. The highest BCUT2D eigenvalue weighted by atomic mass is 16.3. The molecular formula is C29H32N4O3. The third-order valence-corrected chi connectivity index (χ3v) is 6.81. The Morgan fingerprint density at radius 2 is 1.86 bits per heavy atom. The number of hydrogen-bond donors (Lipinski definition) is 4. The Morgan fingerprint density at radius 1 is 1.11 bits per heavy atom. The Hall–Kier alpha value is -3.68. The van der Waals surface area contributed by atoms with Crippen molar-refractivity contribution in [3.05, 3.63) is 76.6 Å². The van der Waals surface area contributed by atoms with E-state index in [1.807, 2.05) is 60.4 Å². The Kier molecular flexibility index (Phi) is 6.51. The van der Waals surface area contributed by atoms with Gasteiger partial charge in [0.05, 0.1) is 16.8 Å². The second-order valence-electron chi connectivity index (χ2n) is 9.87. The van der Waals surface area contributed by atoms with Crippen LogP contribution in [0, 0.1) is 6.92 Å². The molecule has 3 aromatic rings. The van der Waals surface area contributed by atoms with Crippen LogP contribution in [0.1, 0.15) is 46.7 Å². The van der Waals surface area contributed by atoms with Crippen molar-refractivity contribution in [1.82, 2.24) is 15.2 Å². The molecule has 2 atom stereocenters. The summed E-state index contributed by atoms with van der Waals surface area (Å²) in [6.45, 7) is 7.44. The molecule has 0 aliphatic carbocycles. The molecule has 2 aliphatic rings. The van der Waals surface area contributed by atoms with Crippen LogP contribution < -0.4 is 10.6 Å². The van der Waals surface area contributed by atoms with E-state index in [0.717, 1.165) is 33.6 Å². The molecule has 7 nitrogen and oxygen atoms in total. The lowest BCUT2D eigenvalue weighted by Gasteiger charge is -2.36. The average molecular weight is 485 g/mol. The van der Waals surface area contributed by atoms with Gasteiger partial charge >= 0.3 is 0 Å². The van der Waals surface area contributed by atoms with Gasteiger partial charge in [0, 0.05) is 48.7 Å². The van der Waals surface area contributed by atoms with E-state index in [-0.39, 0.29) is 30.5 Å². The standard InChI is InChI=1S/C29H32N4O3/c1-17-12-23(29(36)33-15-18(2)30-19(3)16-33)26(31-17)14-24-27-22(8-5-9-25(27)32-28(24)35)21-7-4-6-20(13-21)10-11-34/h4-9,12-14,18-19,30-31,34H,10-11,15-16H2,1-3H3,(H,32,35)/b24-14-/t18-,19+. The zero-order chi connectivity index (χ0) is 25.4. The van der Waals surface area contributed by atoms with E-state index in [0.29, 0.717) is 36.3 Å². The number of aromatic amines is 1. The van der Waals surface area contributed by atoms with Gasteiger partial charge in [-0.05, 0) is 62.1 Å². The Bertz CT molecular complexity index is 1350. The van der Waals surface area contributed by atoms with E-state index >= 15 is 0 Å². The maximum Gasteiger partial charge on any atom is 0.256 e. The SMILES string of the molecule is Cc1cc(C(=O)N2C[C@@H](C)N[C@@H](C)C2)c(/C=C2\C(=O)Nc3cccc(-c4cccc(CCO)c4)c32)[nH]1. The highest BCUT2D eigenvalue weighted by molar-refractivity contribution is 6.36. The number of aryl methyl sites for hydroxylation is 1. The van der Waals surface area contributed by atoms with Crippen LogP contribution in [0.2, 0.25) is 0 Å². The summed E-state index contributed by atoms with van der Waals surface area (Å²) in [6.07, 6.45) is 2.37. The minimum Gasteiger partial charge on any atom is -0.396 e. The van der Waals surface area contributed by atoms with Crippen LogP contribution in [0.4, 0.5) is 5.69 Å². The Labute approximate surface area is 211 Å². The summed E-state index contributed by atoms with van der Waals surface area (Å²) in [7, 11) is 0. The van der Waals surface area contributed by atoms with E-state index in [9.17, 15) is 14.7 Å². The molecule has 4 N–H and O–H groups in total. The minimum absolute atomic E-state index is 0.0324. The minimum atomic E-state index is -0.195. The van der Waals surface area contributed by atoms with Gasteiger partial charge in [-0.15, -0.1) is 0 Å². The number of hydrogen-bond acceptors (Lipinski definition) is 4. The molecule has 1 fully saturated rings. The summed E-state index contributed by atoms with van der Waals surface area (Å²) in [5, 5.41) is 15.8. The molecular weight excluding hydrogens is 452 g/mol. The molecule has 0 saturated carbocycles. The van der Waals surface area contributed by atoms with E-state index in [2.05, 4.69) is 29.5 Å². The average Bonchev–Trinajstić information content (AvgIpc) is 3.37. The third kappa shape index (κ3) is 4.59. The van der Waals surface area contributed by atoms with Gasteiger partial charge in [-0.3, -0.25) is 9.59 Å². The number of piperazine rings is 1. The van der Waals surface area contributed by atoms with Gasteiger partial charge in [0.2, 0.25) is 0 Å². The fourth-order valence-electron chi connectivity index (χ4n) is 5.36. The second kappa shape index (κ2) is 9.76. The number of aliphatic hydroxyl groups is 1. The molecule has 0 radical (unpaired) electrons. The van der Waals surface area contributed by atoms with Crippen LogP contribution in [0.15, 0.2) is 48.5 Å². The molecule has 5 rings (SSSR count). The molecule has 0 unspecified atom stereocenters. The van der Waals surface area contributed by atoms with Crippen molar-refractivity contribution in [2.75, 3.05) is 25.0 Å². The predicted molar refractivity (Wildman–Crippen MR) is 143 cm³/mol. The summed E-state index contributed by atoms with van der Waals surface area (Å²) in [5.74, 6) is -0.228. The van der Waals surface area contributed by atoms with Gasteiger partial charge in [-0.2, -0.15) is 0 Å². The number of aliphatic hydroxyl groups excluding tert-OH is 1. The van der Waals surface area contributed by atoms with Crippen molar-refractivity contribution in [2.24, 2.45) is 0 Å². The monoisotopic (exact) mass is 484 g/mol. The highest BCUT2D eigenvalue weighted by Crippen LogP contribution is 2.41. The van der Waals surface area contributed by atoms with Crippen LogP contribution in [-0.4, -0.2) is 58.6 Å². The molecule has 2 aliphatic heterocycles. The number of carbonyl (C=O) groups excluding carboxylic acids is 2. The third-order valence-electron chi connectivity index (χ3n) is 6.81. The van der Waals surface area contributed by atoms with Crippen LogP contribution >= 0.6 is 0 Å². The summed E-state index contributed by atoms with van der Waals surface area (Å²) in [5.41, 5.74) is 7.10. The number of nitrogens with zero attached hydrogens (tertiary/aromatic N) is 1. The van der Waals surface area contributed by atoms with Gasteiger partial charge < -0.3 is 25.6 Å². The van der Waals surface area contributed by atoms with Crippen LogP contribution in [0.3, 0.4) is 0 Å². The zero-order valence-corrected chi connectivity index (χ0v) is 20.9.